The number of carbonyl (C=O) groups is 2. The highest BCUT2D eigenvalue weighted by Gasteiger charge is 2.33. The molecule has 25 heavy (non-hydrogen) atoms. The molecule has 3 rings (SSSR count). The number of hydrogen-bond donors (Lipinski definition) is 2. The van der Waals surface area contributed by atoms with Crippen LogP contribution in [-0.2, 0) is 11.3 Å². The Balaban J connectivity index is 1.71. The highest BCUT2D eigenvalue weighted by Crippen LogP contribution is 2.13. The van der Waals surface area contributed by atoms with Gasteiger partial charge in [-0.2, -0.15) is 0 Å². The number of aryl methyl sites for hydroxylation is 1. The van der Waals surface area contributed by atoms with Crippen LogP contribution in [0.5, 0.6) is 0 Å². The topological polar surface area (TPSA) is 87.2 Å². The van der Waals surface area contributed by atoms with Crippen LogP contribution in [0.4, 0.5) is 0 Å². The van der Waals surface area contributed by atoms with Crippen LogP contribution in [0.1, 0.15) is 21.6 Å². The number of nitrogens with one attached hydrogen (secondary N) is 2. The van der Waals surface area contributed by atoms with Crippen molar-refractivity contribution in [3.05, 3.63) is 59.7 Å². The lowest BCUT2D eigenvalue weighted by Crippen LogP contribution is -2.59. The lowest BCUT2D eigenvalue weighted by atomic mass is 10.1. The zero-order valence-corrected chi connectivity index (χ0v) is 14.1. The van der Waals surface area contributed by atoms with Crippen LogP contribution in [0.15, 0.2) is 42.9 Å². The van der Waals surface area contributed by atoms with Crippen LogP contribution >= 0.6 is 0 Å². The molecule has 0 radical (unpaired) electrons. The fourth-order valence-corrected chi connectivity index (χ4v) is 2.82. The van der Waals surface area contributed by atoms with E-state index in [1.807, 2.05) is 25.1 Å². The van der Waals surface area contributed by atoms with Gasteiger partial charge in [0.15, 0.2) is 0 Å². The minimum atomic E-state index is -0.551. The molecule has 1 aliphatic heterocycles. The molecule has 2 amide bonds. The third-order valence-electron chi connectivity index (χ3n) is 4.25. The number of rotatable bonds is 4. The van der Waals surface area contributed by atoms with E-state index in [-0.39, 0.29) is 11.8 Å². The predicted octanol–water partition coefficient (Wildman–Crippen LogP) is 0.515. The minimum absolute atomic E-state index is 0.162. The molecule has 1 aliphatic rings. The van der Waals surface area contributed by atoms with Gasteiger partial charge in [-0.05, 0) is 30.7 Å². The molecular formula is C18H21N5O2. The standard InChI is InChI=1S/C18H21N5O2/c1-13-5-7-19-11-15(13)18(25)23-9-8-20-12-16(23)17(24)22-10-14-4-2-3-6-21-14/h2-7,11,16,20H,8-10,12H2,1H3,(H,22,24)/t16-/m1/s1. The summed E-state index contributed by atoms with van der Waals surface area (Å²) in [4.78, 5) is 35.3. The minimum Gasteiger partial charge on any atom is -0.349 e. The van der Waals surface area contributed by atoms with Gasteiger partial charge >= 0.3 is 0 Å². The van der Waals surface area contributed by atoms with Gasteiger partial charge in [-0.1, -0.05) is 6.07 Å². The summed E-state index contributed by atoms with van der Waals surface area (Å²) in [5.41, 5.74) is 2.17. The molecule has 7 nitrogen and oxygen atoms in total. The van der Waals surface area contributed by atoms with Crippen LogP contribution in [0, 0.1) is 6.92 Å². The molecule has 2 aromatic rings. The van der Waals surface area contributed by atoms with Crippen LogP contribution < -0.4 is 10.6 Å². The molecule has 2 N–H and O–H groups in total. The molecule has 0 saturated carbocycles. The Kier molecular flexibility index (Phi) is 5.35. The second-order valence-corrected chi connectivity index (χ2v) is 5.95. The number of aromatic nitrogens is 2. The van der Waals surface area contributed by atoms with Gasteiger partial charge in [-0.3, -0.25) is 19.6 Å². The molecule has 3 heterocycles. The second kappa shape index (κ2) is 7.85. The molecule has 0 aromatic carbocycles. The Labute approximate surface area is 146 Å². The Hall–Kier alpha value is -2.80. The van der Waals surface area contributed by atoms with Crippen molar-refractivity contribution in [3.8, 4) is 0 Å². The van der Waals surface area contributed by atoms with Crippen molar-refractivity contribution in [1.82, 2.24) is 25.5 Å². The first-order valence-corrected chi connectivity index (χ1v) is 8.26. The Morgan fingerprint density at radius 1 is 1.32 bits per heavy atom. The highest BCUT2D eigenvalue weighted by atomic mass is 16.2. The third kappa shape index (κ3) is 4.00. The largest absolute Gasteiger partial charge is 0.349 e. The molecule has 0 aliphatic carbocycles. The summed E-state index contributed by atoms with van der Waals surface area (Å²) < 4.78 is 0. The van der Waals surface area contributed by atoms with Crippen molar-refractivity contribution in [2.24, 2.45) is 0 Å². The number of pyridine rings is 2. The summed E-state index contributed by atoms with van der Waals surface area (Å²) in [6, 6.07) is 6.79. The van der Waals surface area contributed by atoms with E-state index in [4.69, 9.17) is 0 Å². The molecule has 130 valence electrons. The van der Waals surface area contributed by atoms with Gasteiger partial charge < -0.3 is 15.5 Å². The highest BCUT2D eigenvalue weighted by molar-refractivity contribution is 5.98. The lowest BCUT2D eigenvalue weighted by molar-refractivity contribution is -0.126. The van der Waals surface area contributed by atoms with E-state index in [0.717, 1.165) is 11.3 Å². The summed E-state index contributed by atoms with van der Waals surface area (Å²) in [5.74, 6) is -0.349. The summed E-state index contributed by atoms with van der Waals surface area (Å²) in [6.07, 6.45) is 4.90. The van der Waals surface area contributed by atoms with Crippen molar-refractivity contribution in [2.45, 2.75) is 19.5 Å². The van der Waals surface area contributed by atoms with Crippen molar-refractivity contribution in [1.29, 1.82) is 0 Å². The quantitative estimate of drug-likeness (QED) is 0.848. The average molecular weight is 339 g/mol. The van der Waals surface area contributed by atoms with E-state index >= 15 is 0 Å². The number of piperazine rings is 1. The SMILES string of the molecule is Cc1ccncc1C(=O)N1CCNC[C@@H]1C(=O)NCc1ccccn1. The maximum atomic E-state index is 12.9. The van der Waals surface area contributed by atoms with Gasteiger partial charge in [-0.15, -0.1) is 0 Å². The Bertz CT molecular complexity index is 750. The smallest absolute Gasteiger partial charge is 0.256 e. The molecular weight excluding hydrogens is 318 g/mol. The van der Waals surface area contributed by atoms with Crippen molar-refractivity contribution in [3.63, 3.8) is 0 Å². The molecule has 0 spiro atoms. The molecule has 1 saturated heterocycles. The van der Waals surface area contributed by atoms with Gasteiger partial charge in [0.2, 0.25) is 5.91 Å². The molecule has 0 bridgehead atoms. The van der Waals surface area contributed by atoms with Crippen LogP contribution in [0.25, 0.3) is 0 Å². The zero-order chi connectivity index (χ0) is 17.6. The van der Waals surface area contributed by atoms with E-state index in [9.17, 15) is 9.59 Å². The predicted molar refractivity (Wildman–Crippen MR) is 92.8 cm³/mol. The van der Waals surface area contributed by atoms with Crippen molar-refractivity contribution in [2.75, 3.05) is 19.6 Å². The maximum Gasteiger partial charge on any atom is 0.256 e. The van der Waals surface area contributed by atoms with E-state index < -0.39 is 6.04 Å². The Morgan fingerprint density at radius 3 is 2.96 bits per heavy atom. The summed E-state index contributed by atoms with van der Waals surface area (Å²) in [7, 11) is 0. The monoisotopic (exact) mass is 339 g/mol. The summed E-state index contributed by atoms with van der Waals surface area (Å²) >= 11 is 0. The zero-order valence-electron chi connectivity index (χ0n) is 14.1. The van der Waals surface area contributed by atoms with Gasteiger partial charge in [0.05, 0.1) is 17.8 Å². The third-order valence-corrected chi connectivity index (χ3v) is 4.25. The van der Waals surface area contributed by atoms with Crippen molar-refractivity contribution < 1.29 is 9.59 Å². The number of carbonyl (C=O) groups excluding carboxylic acids is 2. The van der Waals surface area contributed by atoms with Crippen molar-refractivity contribution >= 4 is 11.8 Å². The number of amides is 2. The van der Waals surface area contributed by atoms with Gasteiger partial charge in [0.25, 0.3) is 5.91 Å². The lowest BCUT2D eigenvalue weighted by Gasteiger charge is -2.35. The summed E-state index contributed by atoms with van der Waals surface area (Å²) in [5, 5.41) is 6.05. The fraction of sp³-hybridized carbons (Fsp3) is 0.333. The first kappa shape index (κ1) is 17.0. The van der Waals surface area contributed by atoms with Gasteiger partial charge in [0.1, 0.15) is 6.04 Å². The maximum absolute atomic E-state index is 12.9. The van der Waals surface area contributed by atoms with E-state index in [2.05, 4.69) is 20.6 Å². The number of nitrogens with zero attached hydrogens (tertiary/aromatic N) is 3. The fourth-order valence-electron chi connectivity index (χ4n) is 2.82. The van der Waals surface area contributed by atoms with Gasteiger partial charge in [0, 0.05) is 38.2 Å². The number of hydrogen-bond acceptors (Lipinski definition) is 5. The van der Waals surface area contributed by atoms with E-state index in [1.54, 1.807) is 29.6 Å². The first-order valence-electron chi connectivity index (χ1n) is 8.26. The van der Waals surface area contributed by atoms with Crippen LogP contribution in [0.3, 0.4) is 0 Å². The van der Waals surface area contributed by atoms with E-state index in [1.165, 1.54) is 0 Å². The molecule has 2 aromatic heterocycles. The van der Waals surface area contributed by atoms with E-state index in [0.29, 0.717) is 31.7 Å². The summed E-state index contributed by atoms with van der Waals surface area (Å²) in [6.45, 7) is 3.78. The second-order valence-electron chi connectivity index (χ2n) is 5.95. The Morgan fingerprint density at radius 2 is 2.20 bits per heavy atom. The van der Waals surface area contributed by atoms with Crippen LogP contribution in [-0.4, -0.2) is 52.4 Å². The molecule has 1 fully saturated rings. The van der Waals surface area contributed by atoms with Gasteiger partial charge in [-0.25, -0.2) is 0 Å². The average Bonchev–Trinajstić information content (AvgIpc) is 2.67. The molecule has 1 atom stereocenters. The molecule has 7 heteroatoms. The van der Waals surface area contributed by atoms with Crippen LogP contribution in [0.2, 0.25) is 0 Å². The first-order chi connectivity index (χ1) is 12.2. The normalized spacial score (nSPS) is 17.2. The molecule has 0 unspecified atom stereocenters.